The summed E-state index contributed by atoms with van der Waals surface area (Å²) in [5.41, 5.74) is 7.16. The molecule has 1 aromatic heterocycles. The van der Waals surface area contributed by atoms with E-state index in [9.17, 15) is 9.59 Å². The van der Waals surface area contributed by atoms with Crippen LogP contribution in [0.15, 0.2) is 32.9 Å². The molecule has 0 saturated carbocycles. The molecule has 0 radical (unpaired) electrons. The van der Waals surface area contributed by atoms with Crippen molar-refractivity contribution in [2.24, 2.45) is 5.73 Å². The maximum atomic E-state index is 12.0. The van der Waals surface area contributed by atoms with E-state index in [0.29, 0.717) is 8.68 Å². The molecule has 0 atom stereocenters. The number of primary amides is 1. The van der Waals surface area contributed by atoms with Crippen molar-refractivity contribution in [1.29, 1.82) is 0 Å². The van der Waals surface area contributed by atoms with Crippen LogP contribution in [0, 0.1) is 0 Å². The number of nitrogens with one attached hydrogen (secondary N) is 1. The number of benzene rings is 1. The fourth-order valence-corrected chi connectivity index (χ4v) is 4.38. The van der Waals surface area contributed by atoms with Crippen LogP contribution in [0.4, 0.5) is 5.69 Å². The first-order valence-corrected chi connectivity index (χ1v) is 10.3. The molecular formula is C16H20N4O2S3. The fourth-order valence-electron chi connectivity index (χ4n) is 1.82. The molecule has 0 spiro atoms. The van der Waals surface area contributed by atoms with Crippen molar-refractivity contribution < 1.29 is 9.59 Å². The predicted molar refractivity (Wildman–Crippen MR) is 104 cm³/mol. The summed E-state index contributed by atoms with van der Waals surface area (Å²) in [7, 11) is 0. The van der Waals surface area contributed by atoms with Crippen molar-refractivity contribution in [2.75, 3.05) is 16.8 Å². The van der Waals surface area contributed by atoms with E-state index in [-0.39, 0.29) is 22.8 Å². The zero-order valence-electron chi connectivity index (χ0n) is 14.2. The fraction of sp³-hybridized carbons (Fsp3) is 0.375. The van der Waals surface area contributed by atoms with Crippen molar-refractivity contribution >= 4 is 52.4 Å². The van der Waals surface area contributed by atoms with E-state index in [0.717, 1.165) is 5.69 Å². The number of nitrogens with two attached hydrogens (primary N) is 1. The standard InChI is InChI=1S/C16H20N4O2S3/c1-16(2,3)10-4-6-11(7-5-10)18-13(22)9-24-15-20-19-14(25-15)23-8-12(17)21/h4-7H,8-9H2,1-3H3,(H2,17,21)(H,18,22). The van der Waals surface area contributed by atoms with Crippen molar-refractivity contribution in [1.82, 2.24) is 10.2 Å². The Balaban J connectivity index is 1.81. The number of anilines is 1. The first kappa shape index (κ1) is 19.7. The maximum absolute atomic E-state index is 12.0. The Morgan fingerprint density at radius 2 is 1.64 bits per heavy atom. The van der Waals surface area contributed by atoms with Crippen molar-refractivity contribution in [2.45, 2.75) is 34.9 Å². The average molecular weight is 397 g/mol. The van der Waals surface area contributed by atoms with Crippen LogP contribution in [-0.4, -0.2) is 33.5 Å². The zero-order valence-corrected chi connectivity index (χ0v) is 16.7. The van der Waals surface area contributed by atoms with Gasteiger partial charge in [-0.1, -0.05) is 67.8 Å². The molecule has 0 bridgehead atoms. The van der Waals surface area contributed by atoms with Crippen LogP contribution < -0.4 is 11.1 Å². The van der Waals surface area contributed by atoms with Gasteiger partial charge in [-0.25, -0.2) is 0 Å². The van der Waals surface area contributed by atoms with Gasteiger partial charge in [0.15, 0.2) is 8.68 Å². The van der Waals surface area contributed by atoms with Gasteiger partial charge in [-0.3, -0.25) is 9.59 Å². The molecule has 0 aliphatic heterocycles. The Morgan fingerprint density at radius 3 is 2.16 bits per heavy atom. The molecule has 2 aromatic rings. The summed E-state index contributed by atoms with van der Waals surface area (Å²) in [5, 5.41) is 10.8. The molecule has 0 unspecified atom stereocenters. The molecule has 0 saturated heterocycles. The van der Waals surface area contributed by atoms with Crippen LogP contribution in [0.25, 0.3) is 0 Å². The largest absolute Gasteiger partial charge is 0.369 e. The van der Waals surface area contributed by atoms with Crippen LogP contribution >= 0.6 is 34.9 Å². The quantitative estimate of drug-likeness (QED) is 0.698. The molecule has 6 nitrogen and oxygen atoms in total. The van der Waals surface area contributed by atoms with Crippen LogP contribution in [0.5, 0.6) is 0 Å². The summed E-state index contributed by atoms with van der Waals surface area (Å²) < 4.78 is 1.35. The lowest BCUT2D eigenvalue weighted by atomic mass is 9.87. The Morgan fingerprint density at radius 1 is 1.08 bits per heavy atom. The number of aromatic nitrogens is 2. The van der Waals surface area contributed by atoms with Gasteiger partial charge >= 0.3 is 0 Å². The number of hydrogen-bond acceptors (Lipinski definition) is 7. The molecule has 1 aromatic carbocycles. The lowest BCUT2D eigenvalue weighted by Gasteiger charge is -2.19. The van der Waals surface area contributed by atoms with E-state index in [1.807, 2.05) is 24.3 Å². The molecule has 134 valence electrons. The normalized spacial score (nSPS) is 11.3. The van der Waals surface area contributed by atoms with E-state index in [2.05, 4.69) is 36.3 Å². The molecule has 3 N–H and O–H groups in total. The molecule has 25 heavy (non-hydrogen) atoms. The van der Waals surface area contributed by atoms with Gasteiger partial charge in [-0.05, 0) is 23.1 Å². The molecule has 2 amide bonds. The highest BCUT2D eigenvalue weighted by atomic mass is 32.2. The first-order chi connectivity index (χ1) is 11.7. The Bertz CT molecular complexity index is 739. The van der Waals surface area contributed by atoms with Crippen molar-refractivity contribution in [3.05, 3.63) is 29.8 Å². The van der Waals surface area contributed by atoms with Gasteiger partial charge in [0, 0.05) is 5.69 Å². The third-order valence-corrected chi connectivity index (χ3v) is 6.30. The molecule has 9 heteroatoms. The van der Waals surface area contributed by atoms with E-state index < -0.39 is 5.91 Å². The predicted octanol–water partition coefficient (Wildman–Crippen LogP) is 3.14. The smallest absolute Gasteiger partial charge is 0.234 e. The second-order valence-corrected chi connectivity index (χ2v) is 9.68. The summed E-state index contributed by atoms with van der Waals surface area (Å²) in [6.07, 6.45) is 0. The molecule has 0 aliphatic rings. The highest BCUT2D eigenvalue weighted by Gasteiger charge is 2.13. The van der Waals surface area contributed by atoms with Crippen molar-refractivity contribution in [3.8, 4) is 0 Å². The number of nitrogens with zero attached hydrogens (tertiary/aromatic N) is 2. The van der Waals surface area contributed by atoms with Gasteiger partial charge < -0.3 is 11.1 Å². The molecular weight excluding hydrogens is 376 g/mol. The highest BCUT2D eigenvalue weighted by molar-refractivity contribution is 8.03. The minimum atomic E-state index is -0.397. The average Bonchev–Trinajstić information content (AvgIpc) is 2.98. The van der Waals surface area contributed by atoms with E-state index in [1.54, 1.807) is 0 Å². The highest BCUT2D eigenvalue weighted by Crippen LogP contribution is 2.28. The molecule has 1 heterocycles. The third kappa shape index (κ3) is 6.68. The molecule has 0 fully saturated rings. The summed E-state index contributed by atoms with van der Waals surface area (Å²) in [6.45, 7) is 6.44. The Kier molecular flexibility index (Phi) is 6.86. The Labute approximate surface area is 159 Å². The minimum Gasteiger partial charge on any atom is -0.369 e. The topological polar surface area (TPSA) is 98.0 Å². The minimum absolute atomic E-state index is 0.0838. The van der Waals surface area contributed by atoms with E-state index in [4.69, 9.17) is 5.73 Å². The number of amides is 2. The zero-order chi connectivity index (χ0) is 18.4. The van der Waals surface area contributed by atoms with Gasteiger partial charge in [-0.2, -0.15) is 0 Å². The second-order valence-electron chi connectivity index (χ2n) is 6.25. The van der Waals surface area contributed by atoms with Gasteiger partial charge in [0.25, 0.3) is 0 Å². The first-order valence-electron chi connectivity index (χ1n) is 7.52. The van der Waals surface area contributed by atoms with Crippen LogP contribution in [0.1, 0.15) is 26.3 Å². The summed E-state index contributed by atoms with van der Waals surface area (Å²) in [4.78, 5) is 22.8. The number of thioether (sulfide) groups is 2. The van der Waals surface area contributed by atoms with Gasteiger partial charge in [0.05, 0.1) is 11.5 Å². The number of hydrogen-bond donors (Lipinski definition) is 2. The van der Waals surface area contributed by atoms with Crippen LogP contribution in [-0.2, 0) is 15.0 Å². The van der Waals surface area contributed by atoms with Gasteiger partial charge in [0.1, 0.15) is 0 Å². The molecule has 0 aliphatic carbocycles. The third-order valence-electron chi connectivity index (χ3n) is 3.09. The van der Waals surface area contributed by atoms with Crippen LogP contribution in [0.2, 0.25) is 0 Å². The SMILES string of the molecule is CC(C)(C)c1ccc(NC(=O)CSc2nnc(SCC(N)=O)s2)cc1. The molecule has 2 rings (SSSR count). The lowest BCUT2D eigenvalue weighted by molar-refractivity contribution is -0.115. The lowest BCUT2D eigenvalue weighted by Crippen LogP contribution is -2.15. The summed E-state index contributed by atoms with van der Waals surface area (Å²) in [5.74, 6) is -0.0816. The number of rotatable bonds is 7. The summed E-state index contributed by atoms with van der Waals surface area (Å²) in [6, 6.07) is 7.87. The Hall–Kier alpha value is -1.58. The second kappa shape index (κ2) is 8.68. The maximum Gasteiger partial charge on any atom is 0.234 e. The van der Waals surface area contributed by atoms with Gasteiger partial charge in [0.2, 0.25) is 11.8 Å². The van der Waals surface area contributed by atoms with Crippen molar-refractivity contribution in [3.63, 3.8) is 0 Å². The number of carbonyl (C=O) groups excluding carboxylic acids is 2. The monoisotopic (exact) mass is 396 g/mol. The van der Waals surface area contributed by atoms with Gasteiger partial charge in [-0.15, -0.1) is 10.2 Å². The summed E-state index contributed by atoms with van der Waals surface area (Å²) >= 11 is 3.90. The number of carbonyl (C=O) groups is 2. The van der Waals surface area contributed by atoms with E-state index >= 15 is 0 Å². The van der Waals surface area contributed by atoms with Crippen LogP contribution in [0.3, 0.4) is 0 Å². The van der Waals surface area contributed by atoms with E-state index in [1.165, 1.54) is 40.4 Å².